The van der Waals surface area contributed by atoms with Crippen molar-refractivity contribution in [3.05, 3.63) is 182 Å². The molecule has 0 unspecified atom stereocenters. The Hall–Kier alpha value is -7.17. The van der Waals surface area contributed by atoms with Crippen LogP contribution in [-0.2, 0) is 0 Å². The predicted octanol–water partition coefficient (Wildman–Crippen LogP) is 12.4. The van der Waals surface area contributed by atoms with Crippen molar-refractivity contribution in [1.29, 1.82) is 0 Å². The summed E-state index contributed by atoms with van der Waals surface area (Å²) in [6.45, 7) is 0. The maximum atomic E-state index is 6.46. The minimum absolute atomic E-state index is 0.912. The molecule has 0 fully saturated rings. The Kier molecular flexibility index (Phi) is 5.74. The molecule has 0 radical (unpaired) electrons. The molecule has 3 heterocycles. The first-order valence-electron chi connectivity index (χ1n) is 18.1. The Morgan fingerprint density at radius 2 is 0.981 bits per heavy atom. The normalized spacial score (nSPS) is 12.2. The molecule has 3 aromatic heterocycles. The largest absolute Gasteiger partial charge is 0.456 e. The Balaban J connectivity index is 1.17. The van der Waals surface area contributed by atoms with Gasteiger partial charge in [0.25, 0.3) is 0 Å². The van der Waals surface area contributed by atoms with Gasteiger partial charge in [0.1, 0.15) is 22.4 Å². The first-order chi connectivity index (χ1) is 26.3. The van der Waals surface area contributed by atoms with Crippen LogP contribution in [0.3, 0.4) is 0 Å². The van der Waals surface area contributed by atoms with Crippen molar-refractivity contribution in [2.24, 2.45) is 0 Å². The summed E-state index contributed by atoms with van der Waals surface area (Å²) in [6.07, 6.45) is 2.23. The zero-order valence-electron chi connectivity index (χ0n) is 28.6. The molecule has 0 spiro atoms. The molecule has 246 valence electrons. The van der Waals surface area contributed by atoms with E-state index in [1.165, 1.54) is 59.5 Å². The fourth-order valence-electron chi connectivity index (χ4n) is 8.80. The molecular weight excluding hydrogens is 647 g/mol. The molecule has 4 heteroatoms. The first kappa shape index (κ1) is 28.5. The zero-order valence-corrected chi connectivity index (χ0v) is 28.6. The SMILES string of the molecule is c1ccc(-n2c3ccccc3c[n+]2-c2cccc(-n3c4ccccc4c4cc5c6ccccc6c6cc7c(cc6c5cc43)oc3ccccc37)c2)cc1. The van der Waals surface area contributed by atoms with Crippen LogP contribution in [0.25, 0.3) is 104 Å². The summed E-state index contributed by atoms with van der Waals surface area (Å²) in [5, 5.41) is 13.4. The number of rotatable bonds is 3. The van der Waals surface area contributed by atoms with Crippen molar-refractivity contribution >= 4 is 87.0 Å². The molecule has 12 rings (SSSR count). The highest BCUT2D eigenvalue weighted by Crippen LogP contribution is 2.43. The minimum Gasteiger partial charge on any atom is -0.456 e. The summed E-state index contributed by atoms with van der Waals surface area (Å²) in [6, 6.07) is 63.5. The van der Waals surface area contributed by atoms with Gasteiger partial charge in [0.2, 0.25) is 11.9 Å². The Morgan fingerprint density at radius 1 is 0.358 bits per heavy atom. The van der Waals surface area contributed by atoms with E-state index in [-0.39, 0.29) is 0 Å². The van der Waals surface area contributed by atoms with Crippen LogP contribution in [0.15, 0.2) is 187 Å². The fourth-order valence-corrected chi connectivity index (χ4v) is 8.80. The number of aromatic nitrogens is 3. The molecule has 53 heavy (non-hydrogen) atoms. The van der Waals surface area contributed by atoms with Crippen LogP contribution in [0.5, 0.6) is 0 Å². The number of nitrogens with zero attached hydrogens (tertiary/aromatic N) is 3. The first-order valence-corrected chi connectivity index (χ1v) is 18.1. The van der Waals surface area contributed by atoms with Gasteiger partial charge in [-0.15, -0.1) is 4.68 Å². The summed E-state index contributed by atoms with van der Waals surface area (Å²) in [5.41, 5.74) is 8.63. The molecule has 0 aliphatic heterocycles. The third-order valence-corrected chi connectivity index (χ3v) is 11.1. The van der Waals surface area contributed by atoms with Crippen molar-refractivity contribution < 1.29 is 9.10 Å². The van der Waals surface area contributed by atoms with Crippen molar-refractivity contribution in [2.75, 3.05) is 0 Å². The van der Waals surface area contributed by atoms with Crippen LogP contribution in [0.2, 0.25) is 0 Å². The lowest BCUT2D eigenvalue weighted by Crippen LogP contribution is -2.39. The van der Waals surface area contributed by atoms with Crippen molar-refractivity contribution in [1.82, 2.24) is 9.25 Å². The minimum atomic E-state index is 0.912. The number of para-hydroxylation sites is 4. The van der Waals surface area contributed by atoms with E-state index in [2.05, 4.69) is 190 Å². The second-order valence-electron chi connectivity index (χ2n) is 14.0. The average molecular weight is 677 g/mol. The molecule has 0 amide bonds. The Labute approximate surface area is 303 Å². The molecule has 0 saturated carbocycles. The second-order valence-corrected chi connectivity index (χ2v) is 14.0. The lowest BCUT2D eigenvalue weighted by atomic mass is 9.92. The average Bonchev–Trinajstić information content (AvgIpc) is 3.89. The molecule has 4 nitrogen and oxygen atoms in total. The van der Waals surface area contributed by atoms with Gasteiger partial charge in [-0.05, 0) is 99.0 Å². The molecule has 0 atom stereocenters. The van der Waals surface area contributed by atoms with Crippen LogP contribution < -0.4 is 4.68 Å². The van der Waals surface area contributed by atoms with E-state index in [9.17, 15) is 0 Å². The van der Waals surface area contributed by atoms with Gasteiger partial charge in [0.05, 0.1) is 22.1 Å². The van der Waals surface area contributed by atoms with E-state index < -0.39 is 0 Å². The van der Waals surface area contributed by atoms with Gasteiger partial charge in [-0.2, -0.15) is 0 Å². The van der Waals surface area contributed by atoms with E-state index >= 15 is 0 Å². The van der Waals surface area contributed by atoms with E-state index in [0.717, 1.165) is 44.5 Å². The van der Waals surface area contributed by atoms with Crippen LogP contribution in [0, 0.1) is 0 Å². The van der Waals surface area contributed by atoms with Crippen LogP contribution >= 0.6 is 0 Å². The summed E-state index contributed by atoms with van der Waals surface area (Å²) < 4.78 is 13.5. The van der Waals surface area contributed by atoms with Gasteiger partial charge in [0.15, 0.2) is 0 Å². The predicted molar refractivity (Wildman–Crippen MR) is 219 cm³/mol. The van der Waals surface area contributed by atoms with E-state index in [0.29, 0.717) is 0 Å². The smallest absolute Gasteiger partial charge is 0.238 e. The standard InChI is InChI=1S/C49H30N3O/c1-2-14-32(15-3-1)52-45-22-9-4-13-31(45)30-50(52)33-16-12-17-34(25-33)51-46-23-10-7-20-37(46)43-26-39-35-18-5-6-19-36(35)40-27-44-38-21-8-11-24-48(38)53-49(44)29-42(40)41(39)28-47(43)51/h1-30H/q+1. The van der Waals surface area contributed by atoms with E-state index in [1.54, 1.807) is 0 Å². The zero-order chi connectivity index (χ0) is 34.6. The maximum Gasteiger partial charge on any atom is 0.238 e. The third kappa shape index (κ3) is 4.03. The Morgan fingerprint density at radius 3 is 1.81 bits per heavy atom. The molecule has 0 aliphatic carbocycles. The highest BCUT2D eigenvalue weighted by Gasteiger charge is 2.22. The lowest BCUT2D eigenvalue weighted by molar-refractivity contribution is -0.672. The summed E-state index contributed by atoms with van der Waals surface area (Å²) >= 11 is 0. The molecule has 9 aromatic carbocycles. The van der Waals surface area contributed by atoms with Gasteiger partial charge in [-0.3, -0.25) is 0 Å². The maximum absolute atomic E-state index is 6.46. The molecular formula is C49H30N3O+. The molecule has 0 aliphatic rings. The van der Waals surface area contributed by atoms with Crippen LogP contribution in [0.1, 0.15) is 0 Å². The quantitative estimate of drug-likeness (QED) is 0.135. The van der Waals surface area contributed by atoms with Crippen LogP contribution in [-0.4, -0.2) is 9.25 Å². The van der Waals surface area contributed by atoms with Crippen molar-refractivity contribution in [3.8, 4) is 17.1 Å². The summed E-state index contributed by atoms with van der Waals surface area (Å²) in [7, 11) is 0. The molecule has 0 N–H and O–H groups in total. The third-order valence-electron chi connectivity index (χ3n) is 11.1. The highest BCUT2D eigenvalue weighted by molar-refractivity contribution is 6.31. The monoisotopic (exact) mass is 676 g/mol. The van der Waals surface area contributed by atoms with Crippen molar-refractivity contribution in [2.45, 2.75) is 0 Å². The Bertz CT molecular complexity index is 3460. The number of furan rings is 1. The summed E-state index contributed by atoms with van der Waals surface area (Å²) in [5.74, 6) is 0. The van der Waals surface area contributed by atoms with Gasteiger partial charge in [-0.25, -0.2) is 0 Å². The van der Waals surface area contributed by atoms with Crippen LogP contribution in [0.4, 0.5) is 0 Å². The van der Waals surface area contributed by atoms with Gasteiger partial charge in [0, 0.05) is 33.7 Å². The van der Waals surface area contributed by atoms with E-state index in [1.807, 2.05) is 6.07 Å². The lowest BCUT2D eigenvalue weighted by Gasteiger charge is -2.13. The van der Waals surface area contributed by atoms with Gasteiger partial charge in [-0.1, -0.05) is 102 Å². The molecule has 12 aromatic rings. The fraction of sp³-hybridized carbons (Fsp3) is 0. The van der Waals surface area contributed by atoms with Gasteiger partial charge < -0.3 is 8.98 Å². The second kappa shape index (κ2) is 10.7. The number of hydrogen-bond acceptors (Lipinski definition) is 1. The topological polar surface area (TPSA) is 26.9 Å². The molecule has 0 bridgehead atoms. The molecule has 0 saturated heterocycles. The number of benzene rings is 9. The number of fused-ring (bicyclic) bond motifs is 13. The van der Waals surface area contributed by atoms with Crippen molar-refractivity contribution in [3.63, 3.8) is 0 Å². The van der Waals surface area contributed by atoms with Gasteiger partial charge >= 0.3 is 0 Å². The highest BCUT2D eigenvalue weighted by atomic mass is 16.3. The number of hydrogen-bond donors (Lipinski definition) is 0. The van der Waals surface area contributed by atoms with E-state index in [4.69, 9.17) is 4.42 Å². The summed E-state index contributed by atoms with van der Waals surface area (Å²) in [4.78, 5) is 0.